The number of ether oxygens (including phenoxy) is 1. The van der Waals surface area contributed by atoms with Crippen LogP contribution in [-0.2, 0) is 0 Å². The molecule has 1 aliphatic heterocycles. The lowest BCUT2D eigenvalue weighted by Crippen LogP contribution is -2.47. The number of carbonyl (C=O) groups excluding carboxylic acids is 2. The predicted octanol–water partition coefficient (Wildman–Crippen LogP) is 4.33. The summed E-state index contributed by atoms with van der Waals surface area (Å²) in [5.41, 5.74) is 3.13. The highest BCUT2D eigenvalue weighted by Crippen LogP contribution is 2.31. The van der Waals surface area contributed by atoms with Crippen molar-refractivity contribution in [1.29, 1.82) is 0 Å². The second-order valence-electron chi connectivity index (χ2n) is 9.22. The second kappa shape index (κ2) is 12.9. The first-order chi connectivity index (χ1) is 16.9. The molecule has 1 fully saturated rings. The van der Waals surface area contributed by atoms with E-state index in [-0.39, 0.29) is 11.9 Å². The van der Waals surface area contributed by atoms with E-state index in [0.29, 0.717) is 30.3 Å². The van der Waals surface area contributed by atoms with Crippen LogP contribution < -0.4 is 30.5 Å². The van der Waals surface area contributed by atoms with Gasteiger partial charge in [-0.25, -0.2) is 4.79 Å². The number of nitrogens with zero attached hydrogens (tertiary/aromatic N) is 2. The zero-order valence-corrected chi connectivity index (χ0v) is 21.4. The van der Waals surface area contributed by atoms with E-state index in [1.807, 2.05) is 30.3 Å². The fraction of sp³-hybridized carbons (Fsp3) is 0.481. The summed E-state index contributed by atoms with van der Waals surface area (Å²) < 4.78 is 5.53. The van der Waals surface area contributed by atoms with Gasteiger partial charge in [-0.05, 0) is 42.7 Å². The van der Waals surface area contributed by atoms with Crippen molar-refractivity contribution in [2.75, 3.05) is 61.5 Å². The lowest BCUT2D eigenvalue weighted by molar-refractivity contribution is 0.0949. The Balaban J connectivity index is 1.76. The third-order valence-electron chi connectivity index (χ3n) is 6.03. The topological polar surface area (TPSA) is 85.9 Å². The zero-order valence-electron chi connectivity index (χ0n) is 21.4. The predicted molar refractivity (Wildman–Crippen MR) is 143 cm³/mol. The summed E-state index contributed by atoms with van der Waals surface area (Å²) in [6.45, 7) is 10.6. The Labute approximate surface area is 209 Å². The fourth-order valence-electron chi connectivity index (χ4n) is 4.10. The molecule has 0 aromatic heterocycles. The molecule has 3 amide bonds. The molecule has 2 aromatic carbocycles. The van der Waals surface area contributed by atoms with Crippen LogP contribution in [0.2, 0.25) is 0 Å². The largest absolute Gasteiger partial charge is 0.495 e. The number of hydrogen-bond acceptors (Lipinski definition) is 5. The molecule has 8 nitrogen and oxygen atoms in total. The van der Waals surface area contributed by atoms with Crippen molar-refractivity contribution in [3.05, 3.63) is 48.0 Å². The van der Waals surface area contributed by atoms with Crippen molar-refractivity contribution >= 4 is 29.0 Å². The van der Waals surface area contributed by atoms with Gasteiger partial charge in [-0.2, -0.15) is 0 Å². The number of nitrogens with one attached hydrogen (secondary N) is 3. The summed E-state index contributed by atoms with van der Waals surface area (Å²) in [5, 5.41) is 8.74. The summed E-state index contributed by atoms with van der Waals surface area (Å²) in [4.78, 5) is 29.9. The van der Waals surface area contributed by atoms with Gasteiger partial charge < -0.3 is 30.5 Å². The van der Waals surface area contributed by atoms with Crippen LogP contribution in [0.3, 0.4) is 0 Å². The Morgan fingerprint density at radius 1 is 0.971 bits per heavy atom. The van der Waals surface area contributed by atoms with E-state index in [2.05, 4.69) is 52.6 Å². The molecule has 0 radical (unpaired) electrons. The first kappa shape index (κ1) is 26.2. The molecule has 190 valence electrons. The van der Waals surface area contributed by atoms with E-state index in [1.165, 1.54) is 0 Å². The summed E-state index contributed by atoms with van der Waals surface area (Å²) in [7, 11) is 1.69. The van der Waals surface area contributed by atoms with Crippen LogP contribution in [0.15, 0.2) is 42.5 Å². The Kier molecular flexibility index (Phi) is 9.64. The maximum Gasteiger partial charge on any atom is 0.319 e. The smallest absolute Gasteiger partial charge is 0.319 e. The molecule has 0 atom stereocenters. The Bertz CT molecular complexity index is 987. The molecule has 0 aliphatic carbocycles. The number of para-hydroxylation sites is 2. The van der Waals surface area contributed by atoms with Crippen LogP contribution in [-0.4, -0.2) is 58.3 Å². The molecule has 0 unspecified atom stereocenters. The van der Waals surface area contributed by atoms with Gasteiger partial charge in [0.15, 0.2) is 0 Å². The first-order valence-electron chi connectivity index (χ1n) is 12.5. The highest BCUT2D eigenvalue weighted by Gasteiger charge is 2.24. The minimum atomic E-state index is -0.259. The van der Waals surface area contributed by atoms with Crippen molar-refractivity contribution in [3.63, 3.8) is 0 Å². The van der Waals surface area contributed by atoms with E-state index in [0.717, 1.165) is 56.1 Å². The number of urea groups is 1. The molecule has 35 heavy (non-hydrogen) atoms. The van der Waals surface area contributed by atoms with Gasteiger partial charge in [0.05, 0.1) is 18.4 Å². The van der Waals surface area contributed by atoms with Gasteiger partial charge in [-0.3, -0.25) is 4.79 Å². The summed E-state index contributed by atoms with van der Waals surface area (Å²) in [5.74, 6) is 1.08. The SMILES string of the molecule is CCCCNC(=O)Nc1ccc(N2CCN(c3ccccc3OC)CC2)c(C(=O)NCC(C)C)c1. The van der Waals surface area contributed by atoms with Crippen LogP contribution in [0.1, 0.15) is 44.0 Å². The maximum absolute atomic E-state index is 13.1. The molecule has 3 N–H and O–H groups in total. The number of anilines is 3. The third-order valence-corrected chi connectivity index (χ3v) is 6.03. The molecule has 2 aromatic rings. The molecule has 3 rings (SSSR count). The number of rotatable bonds is 10. The van der Waals surface area contributed by atoms with Crippen molar-refractivity contribution in [2.45, 2.75) is 33.6 Å². The van der Waals surface area contributed by atoms with Crippen molar-refractivity contribution < 1.29 is 14.3 Å². The molecular formula is C27H39N5O3. The maximum atomic E-state index is 13.1. The standard InChI is InChI=1S/C27H39N5O3/c1-5-6-13-28-27(34)30-21-11-12-23(22(18-21)26(33)29-19-20(2)3)31-14-16-32(17-15-31)24-9-7-8-10-25(24)35-4/h7-12,18,20H,5-6,13-17,19H2,1-4H3,(H,29,33)(H2,28,30,34). The fourth-order valence-corrected chi connectivity index (χ4v) is 4.10. The Morgan fingerprint density at radius 2 is 1.66 bits per heavy atom. The minimum Gasteiger partial charge on any atom is -0.495 e. The molecule has 0 saturated carbocycles. The molecule has 1 aliphatic rings. The number of piperazine rings is 1. The van der Waals surface area contributed by atoms with Gasteiger partial charge in [0, 0.05) is 50.6 Å². The Morgan fingerprint density at radius 3 is 2.31 bits per heavy atom. The lowest BCUT2D eigenvalue weighted by Gasteiger charge is -2.38. The average Bonchev–Trinajstić information content (AvgIpc) is 2.87. The van der Waals surface area contributed by atoms with Gasteiger partial charge >= 0.3 is 6.03 Å². The van der Waals surface area contributed by atoms with Crippen LogP contribution in [0, 0.1) is 5.92 Å². The van der Waals surface area contributed by atoms with Crippen molar-refractivity contribution in [1.82, 2.24) is 10.6 Å². The van der Waals surface area contributed by atoms with Gasteiger partial charge in [0.25, 0.3) is 5.91 Å². The number of carbonyl (C=O) groups is 2. The summed E-state index contributed by atoms with van der Waals surface area (Å²) in [6.07, 6.45) is 1.94. The monoisotopic (exact) mass is 481 g/mol. The molecule has 0 spiro atoms. The van der Waals surface area contributed by atoms with Gasteiger partial charge in [-0.1, -0.05) is 39.3 Å². The Hall–Kier alpha value is -3.42. The number of methoxy groups -OCH3 is 1. The van der Waals surface area contributed by atoms with E-state index < -0.39 is 0 Å². The van der Waals surface area contributed by atoms with E-state index in [1.54, 1.807) is 13.2 Å². The number of amides is 3. The number of hydrogen-bond donors (Lipinski definition) is 3. The summed E-state index contributed by atoms with van der Waals surface area (Å²) in [6, 6.07) is 13.4. The molecule has 0 bridgehead atoms. The highest BCUT2D eigenvalue weighted by molar-refractivity contribution is 6.02. The molecule has 1 heterocycles. The second-order valence-corrected chi connectivity index (χ2v) is 9.22. The van der Waals surface area contributed by atoms with Gasteiger partial charge in [0.1, 0.15) is 5.75 Å². The van der Waals surface area contributed by atoms with Gasteiger partial charge in [-0.15, -0.1) is 0 Å². The van der Waals surface area contributed by atoms with Crippen LogP contribution >= 0.6 is 0 Å². The van der Waals surface area contributed by atoms with Crippen LogP contribution in [0.4, 0.5) is 21.9 Å². The van der Waals surface area contributed by atoms with E-state index >= 15 is 0 Å². The minimum absolute atomic E-state index is 0.129. The third kappa shape index (κ3) is 7.28. The van der Waals surface area contributed by atoms with Crippen molar-refractivity contribution in [3.8, 4) is 5.75 Å². The van der Waals surface area contributed by atoms with Crippen LogP contribution in [0.5, 0.6) is 5.75 Å². The average molecular weight is 482 g/mol. The van der Waals surface area contributed by atoms with E-state index in [4.69, 9.17) is 4.74 Å². The first-order valence-corrected chi connectivity index (χ1v) is 12.5. The quantitative estimate of drug-likeness (QED) is 0.440. The number of unbranched alkanes of at least 4 members (excludes halogenated alkanes) is 1. The normalized spacial score (nSPS) is 13.5. The lowest BCUT2D eigenvalue weighted by atomic mass is 10.1. The zero-order chi connectivity index (χ0) is 25.2. The summed E-state index contributed by atoms with van der Waals surface area (Å²) >= 11 is 0. The van der Waals surface area contributed by atoms with E-state index in [9.17, 15) is 9.59 Å². The van der Waals surface area contributed by atoms with Gasteiger partial charge in [0.2, 0.25) is 0 Å². The molecular weight excluding hydrogens is 442 g/mol. The van der Waals surface area contributed by atoms with Crippen molar-refractivity contribution in [2.24, 2.45) is 5.92 Å². The number of benzene rings is 2. The molecule has 1 saturated heterocycles. The molecule has 8 heteroatoms. The highest BCUT2D eigenvalue weighted by atomic mass is 16.5. The van der Waals surface area contributed by atoms with Crippen LogP contribution in [0.25, 0.3) is 0 Å².